The molecule has 1 aromatic carbocycles. The zero-order valence-corrected chi connectivity index (χ0v) is 16.3. The molecular weight excluding hydrogens is 354 g/mol. The largest absolute Gasteiger partial charge is 0.376 e. The summed E-state index contributed by atoms with van der Waals surface area (Å²) in [5.41, 5.74) is 2.91. The number of amides is 1. The van der Waals surface area contributed by atoms with Gasteiger partial charge in [0.1, 0.15) is 5.69 Å². The van der Waals surface area contributed by atoms with Gasteiger partial charge in [0.05, 0.1) is 6.10 Å². The fourth-order valence-corrected chi connectivity index (χ4v) is 3.73. The van der Waals surface area contributed by atoms with Crippen LogP contribution in [0, 0.1) is 6.92 Å². The van der Waals surface area contributed by atoms with E-state index in [0.717, 1.165) is 32.5 Å². The lowest BCUT2D eigenvalue weighted by atomic mass is 10.2. The Kier molecular flexibility index (Phi) is 5.71. The van der Waals surface area contributed by atoms with E-state index in [9.17, 15) is 4.79 Å². The average molecular weight is 381 g/mol. The zero-order valence-electron chi connectivity index (χ0n) is 16.3. The highest BCUT2D eigenvalue weighted by molar-refractivity contribution is 5.92. The molecule has 7 nitrogen and oxygen atoms in total. The lowest BCUT2D eigenvalue weighted by Gasteiger charge is -2.36. The molecule has 4 rings (SSSR count). The number of nitrogens with zero attached hydrogens (tertiary/aromatic N) is 4. The number of nitrogens with one attached hydrogen (secondary N) is 1. The molecule has 2 saturated heterocycles. The fraction of sp³-hybridized carbons (Fsp3) is 0.476. The van der Waals surface area contributed by atoms with Crippen molar-refractivity contribution < 1.29 is 9.53 Å². The van der Waals surface area contributed by atoms with Gasteiger partial charge in [0, 0.05) is 51.2 Å². The van der Waals surface area contributed by atoms with Crippen molar-refractivity contribution in [2.24, 2.45) is 0 Å². The molecule has 148 valence electrons. The minimum Gasteiger partial charge on any atom is -0.376 e. The van der Waals surface area contributed by atoms with Gasteiger partial charge in [-0.2, -0.15) is 0 Å². The van der Waals surface area contributed by atoms with E-state index < -0.39 is 0 Å². The smallest absolute Gasteiger partial charge is 0.272 e. The van der Waals surface area contributed by atoms with E-state index >= 15 is 0 Å². The first-order valence-electron chi connectivity index (χ1n) is 9.98. The summed E-state index contributed by atoms with van der Waals surface area (Å²) in [4.78, 5) is 25.7. The van der Waals surface area contributed by atoms with E-state index in [-0.39, 0.29) is 12.0 Å². The monoisotopic (exact) mass is 381 g/mol. The second kappa shape index (κ2) is 8.56. The third kappa shape index (κ3) is 4.42. The maximum atomic E-state index is 12.9. The predicted octanol–water partition coefficient (Wildman–Crippen LogP) is 2.34. The van der Waals surface area contributed by atoms with Crippen molar-refractivity contribution in [2.75, 3.05) is 49.5 Å². The lowest BCUT2D eigenvalue weighted by molar-refractivity contribution is 0.0741. The molecular formula is C21H27N5O2. The van der Waals surface area contributed by atoms with Crippen LogP contribution in [0.15, 0.2) is 36.5 Å². The normalized spacial score (nSPS) is 19.7. The van der Waals surface area contributed by atoms with E-state index in [1.54, 1.807) is 12.3 Å². The molecule has 2 aliphatic rings. The summed E-state index contributed by atoms with van der Waals surface area (Å²) in [6.07, 6.45) is 4.00. The van der Waals surface area contributed by atoms with Crippen LogP contribution in [0.2, 0.25) is 0 Å². The second-order valence-electron chi connectivity index (χ2n) is 7.40. The SMILES string of the molecule is Cc1cccc(N2CCN(C(=O)c3ccnc(NCC4CCCO4)n3)CC2)c1. The predicted molar refractivity (Wildman–Crippen MR) is 109 cm³/mol. The van der Waals surface area contributed by atoms with E-state index in [1.165, 1.54) is 11.3 Å². The molecule has 2 fully saturated rings. The molecule has 0 bridgehead atoms. The number of benzene rings is 1. The summed E-state index contributed by atoms with van der Waals surface area (Å²) in [6, 6.07) is 10.2. The van der Waals surface area contributed by atoms with Crippen molar-refractivity contribution in [3.05, 3.63) is 47.8 Å². The Morgan fingerprint density at radius 1 is 1.25 bits per heavy atom. The van der Waals surface area contributed by atoms with Crippen LogP contribution in [0.4, 0.5) is 11.6 Å². The molecule has 0 radical (unpaired) electrons. The van der Waals surface area contributed by atoms with Gasteiger partial charge in [-0.1, -0.05) is 12.1 Å². The molecule has 28 heavy (non-hydrogen) atoms. The summed E-state index contributed by atoms with van der Waals surface area (Å²) in [6.45, 7) is 6.62. The first-order valence-corrected chi connectivity index (χ1v) is 9.98. The van der Waals surface area contributed by atoms with Crippen LogP contribution in [0.1, 0.15) is 28.9 Å². The maximum absolute atomic E-state index is 12.9. The molecule has 1 aromatic heterocycles. The van der Waals surface area contributed by atoms with E-state index in [0.29, 0.717) is 31.3 Å². The summed E-state index contributed by atoms with van der Waals surface area (Å²) in [5, 5.41) is 3.19. The van der Waals surface area contributed by atoms with Crippen LogP contribution in [-0.4, -0.2) is 66.2 Å². The molecule has 3 heterocycles. The molecule has 1 amide bonds. The fourth-order valence-electron chi connectivity index (χ4n) is 3.73. The molecule has 1 atom stereocenters. The molecule has 0 spiro atoms. The number of hydrogen-bond donors (Lipinski definition) is 1. The Labute approximate surface area is 165 Å². The average Bonchev–Trinajstić information content (AvgIpc) is 3.26. The number of aromatic nitrogens is 2. The number of ether oxygens (including phenoxy) is 1. The van der Waals surface area contributed by atoms with E-state index in [2.05, 4.69) is 51.4 Å². The zero-order chi connectivity index (χ0) is 19.3. The molecule has 0 saturated carbocycles. The van der Waals surface area contributed by atoms with Gasteiger partial charge < -0.3 is 19.9 Å². The van der Waals surface area contributed by atoms with Crippen LogP contribution in [0.3, 0.4) is 0 Å². The van der Waals surface area contributed by atoms with Gasteiger partial charge in [0.15, 0.2) is 0 Å². The molecule has 2 aromatic rings. The third-order valence-corrected chi connectivity index (χ3v) is 5.32. The lowest BCUT2D eigenvalue weighted by Crippen LogP contribution is -2.49. The van der Waals surface area contributed by atoms with Crippen molar-refractivity contribution in [1.29, 1.82) is 0 Å². The van der Waals surface area contributed by atoms with Gasteiger partial charge in [-0.15, -0.1) is 0 Å². The molecule has 1 unspecified atom stereocenters. The quantitative estimate of drug-likeness (QED) is 0.857. The molecule has 1 N–H and O–H groups in total. The number of hydrogen-bond acceptors (Lipinski definition) is 6. The van der Waals surface area contributed by atoms with Gasteiger partial charge in [0.25, 0.3) is 5.91 Å². The first kappa shape index (κ1) is 18.7. The highest BCUT2D eigenvalue weighted by Crippen LogP contribution is 2.19. The van der Waals surface area contributed by atoms with Crippen molar-refractivity contribution in [2.45, 2.75) is 25.9 Å². The van der Waals surface area contributed by atoms with Gasteiger partial charge >= 0.3 is 0 Å². The number of aryl methyl sites for hydroxylation is 1. The van der Waals surface area contributed by atoms with E-state index in [4.69, 9.17) is 4.74 Å². The number of carbonyl (C=O) groups is 1. The second-order valence-corrected chi connectivity index (χ2v) is 7.40. The maximum Gasteiger partial charge on any atom is 0.272 e. The van der Waals surface area contributed by atoms with Crippen molar-refractivity contribution in [3.63, 3.8) is 0 Å². The Hall–Kier alpha value is -2.67. The Bertz CT molecular complexity index is 814. The van der Waals surface area contributed by atoms with Crippen LogP contribution in [-0.2, 0) is 4.74 Å². The van der Waals surface area contributed by atoms with Gasteiger partial charge in [-0.05, 0) is 43.5 Å². The van der Waals surface area contributed by atoms with Crippen LogP contribution in [0.5, 0.6) is 0 Å². The Balaban J connectivity index is 1.34. The Morgan fingerprint density at radius 2 is 2.11 bits per heavy atom. The number of anilines is 2. The number of carbonyl (C=O) groups excluding carboxylic acids is 1. The van der Waals surface area contributed by atoms with Crippen LogP contribution >= 0.6 is 0 Å². The topological polar surface area (TPSA) is 70.6 Å². The van der Waals surface area contributed by atoms with Crippen molar-refractivity contribution in [1.82, 2.24) is 14.9 Å². The van der Waals surface area contributed by atoms with Gasteiger partial charge in [-0.3, -0.25) is 4.79 Å². The first-order chi connectivity index (χ1) is 13.7. The summed E-state index contributed by atoms with van der Waals surface area (Å²) in [7, 11) is 0. The summed E-state index contributed by atoms with van der Waals surface area (Å²) >= 11 is 0. The number of rotatable bonds is 5. The molecule has 2 aliphatic heterocycles. The minimum atomic E-state index is -0.0357. The van der Waals surface area contributed by atoms with Gasteiger partial charge in [-0.25, -0.2) is 9.97 Å². The van der Waals surface area contributed by atoms with E-state index in [1.807, 2.05) is 4.90 Å². The third-order valence-electron chi connectivity index (χ3n) is 5.32. The molecule has 0 aliphatic carbocycles. The minimum absolute atomic E-state index is 0.0357. The van der Waals surface area contributed by atoms with Crippen LogP contribution < -0.4 is 10.2 Å². The summed E-state index contributed by atoms with van der Waals surface area (Å²) < 4.78 is 5.60. The van der Waals surface area contributed by atoms with Gasteiger partial charge in [0.2, 0.25) is 5.95 Å². The standard InChI is InChI=1S/C21H27N5O2/c1-16-4-2-5-17(14-16)25-9-11-26(12-10-25)20(27)19-7-8-22-21(24-19)23-15-18-6-3-13-28-18/h2,4-5,7-8,14,18H,3,6,9-13,15H2,1H3,(H,22,23,24). The van der Waals surface area contributed by atoms with Crippen LogP contribution in [0.25, 0.3) is 0 Å². The molecule has 7 heteroatoms. The summed E-state index contributed by atoms with van der Waals surface area (Å²) in [5.74, 6) is 0.450. The van der Waals surface area contributed by atoms with Crippen molar-refractivity contribution in [3.8, 4) is 0 Å². The highest BCUT2D eigenvalue weighted by Gasteiger charge is 2.24. The highest BCUT2D eigenvalue weighted by atomic mass is 16.5. The number of piperazine rings is 1. The van der Waals surface area contributed by atoms with Crippen molar-refractivity contribution >= 4 is 17.5 Å². The Morgan fingerprint density at radius 3 is 2.86 bits per heavy atom.